The van der Waals surface area contributed by atoms with Crippen molar-refractivity contribution >= 4 is 11.6 Å². The molecule has 0 aliphatic rings. The number of aryl methyl sites for hydroxylation is 1. The average Bonchev–Trinajstić information content (AvgIpc) is 2.46. The lowest BCUT2D eigenvalue weighted by Crippen LogP contribution is -1.96. The maximum Gasteiger partial charge on any atom is 0.161 e. The van der Waals surface area contributed by atoms with E-state index in [4.69, 9.17) is 21.1 Å². The van der Waals surface area contributed by atoms with Gasteiger partial charge >= 0.3 is 0 Å². The van der Waals surface area contributed by atoms with E-state index in [2.05, 4.69) is 19.1 Å². The zero-order valence-electron chi connectivity index (χ0n) is 11.3. The fraction of sp³-hybridized carbons (Fsp3) is 0.250. The largest absolute Gasteiger partial charge is 0.493 e. The minimum absolute atomic E-state index is 0.194. The summed E-state index contributed by atoms with van der Waals surface area (Å²) in [7, 11) is 3.24. The SMILES string of the molecule is COc1ccc(C(Cl)c2ccc(C)cc2)cc1OC. The number of ether oxygens (including phenoxy) is 2. The van der Waals surface area contributed by atoms with Gasteiger partial charge in [0.2, 0.25) is 0 Å². The molecule has 0 spiro atoms. The van der Waals surface area contributed by atoms with Gasteiger partial charge in [0.05, 0.1) is 19.6 Å². The smallest absolute Gasteiger partial charge is 0.161 e. The molecule has 0 saturated carbocycles. The van der Waals surface area contributed by atoms with E-state index < -0.39 is 0 Å². The van der Waals surface area contributed by atoms with Gasteiger partial charge < -0.3 is 9.47 Å². The molecule has 0 aromatic heterocycles. The van der Waals surface area contributed by atoms with Gasteiger partial charge in [-0.2, -0.15) is 0 Å². The molecular formula is C16H17ClO2. The molecule has 19 heavy (non-hydrogen) atoms. The molecule has 2 aromatic carbocycles. The number of methoxy groups -OCH3 is 2. The van der Waals surface area contributed by atoms with Crippen LogP contribution in [0.25, 0.3) is 0 Å². The second-order valence-electron chi connectivity index (χ2n) is 4.39. The maximum absolute atomic E-state index is 6.51. The van der Waals surface area contributed by atoms with Gasteiger partial charge in [0.25, 0.3) is 0 Å². The summed E-state index contributed by atoms with van der Waals surface area (Å²) in [6.07, 6.45) is 0. The van der Waals surface area contributed by atoms with Crippen LogP contribution in [-0.4, -0.2) is 14.2 Å². The molecule has 0 bridgehead atoms. The van der Waals surface area contributed by atoms with Gasteiger partial charge in [-0.3, -0.25) is 0 Å². The highest BCUT2D eigenvalue weighted by Crippen LogP contribution is 2.35. The molecule has 0 amide bonds. The Balaban J connectivity index is 2.33. The third-order valence-electron chi connectivity index (χ3n) is 3.07. The number of benzene rings is 2. The van der Waals surface area contributed by atoms with Crippen LogP contribution < -0.4 is 9.47 Å². The molecule has 2 aromatic rings. The summed E-state index contributed by atoms with van der Waals surface area (Å²) in [5.41, 5.74) is 3.28. The fourth-order valence-electron chi connectivity index (χ4n) is 1.94. The lowest BCUT2D eigenvalue weighted by molar-refractivity contribution is 0.354. The van der Waals surface area contributed by atoms with Crippen LogP contribution in [0.15, 0.2) is 42.5 Å². The molecule has 2 rings (SSSR count). The number of hydrogen-bond donors (Lipinski definition) is 0. The van der Waals surface area contributed by atoms with Crippen molar-refractivity contribution in [2.24, 2.45) is 0 Å². The fourth-order valence-corrected chi connectivity index (χ4v) is 2.22. The molecule has 1 unspecified atom stereocenters. The van der Waals surface area contributed by atoms with Crippen molar-refractivity contribution in [2.45, 2.75) is 12.3 Å². The predicted octanol–water partition coefficient (Wildman–Crippen LogP) is 4.34. The normalized spacial score (nSPS) is 12.0. The number of alkyl halides is 1. The van der Waals surface area contributed by atoms with Crippen molar-refractivity contribution in [2.75, 3.05) is 14.2 Å². The third-order valence-corrected chi connectivity index (χ3v) is 3.57. The van der Waals surface area contributed by atoms with E-state index in [0.29, 0.717) is 11.5 Å². The predicted molar refractivity (Wildman–Crippen MR) is 78.4 cm³/mol. The van der Waals surface area contributed by atoms with E-state index in [1.54, 1.807) is 14.2 Å². The van der Waals surface area contributed by atoms with Crippen molar-refractivity contribution in [3.05, 3.63) is 59.2 Å². The first-order valence-electron chi connectivity index (χ1n) is 6.08. The third kappa shape index (κ3) is 3.02. The molecule has 0 saturated heterocycles. The summed E-state index contributed by atoms with van der Waals surface area (Å²) < 4.78 is 10.5. The molecule has 0 aliphatic heterocycles. The lowest BCUT2D eigenvalue weighted by Gasteiger charge is -2.14. The summed E-state index contributed by atoms with van der Waals surface area (Å²) in [6.45, 7) is 2.06. The molecular weight excluding hydrogens is 260 g/mol. The van der Waals surface area contributed by atoms with E-state index in [9.17, 15) is 0 Å². The number of rotatable bonds is 4. The Hall–Kier alpha value is -1.67. The van der Waals surface area contributed by atoms with Gasteiger partial charge in [-0.15, -0.1) is 11.6 Å². The number of hydrogen-bond acceptors (Lipinski definition) is 2. The number of halogens is 1. The minimum atomic E-state index is -0.194. The Labute approximate surface area is 118 Å². The van der Waals surface area contributed by atoms with Crippen molar-refractivity contribution in [3.63, 3.8) is 0 Å². The zero-order chi connectivity index (χ0) is 13.8. The first-order chi connectivity index (χ1) is 9.15. The van der Waals surface area contributed by atoms with Crippen LogP contribution in [0.1, 0.15) is 22.1 Å². The van der Waals surface area contributed by atoms with Gasteiger partial charge in [0, 0.05) is 0 Å². The monoisotopic (exact) mass is 276 g/mol. The van der Waals surface area contributed by atoms with Crippen LogP contribution in [0.4, 0.5) is 0 Å². The van der Waals surface area contributed by atoms with Crippen LogP contribution in [0, 0.1) is 6.92 Å². The molecule has 0 aliphatic carbocycles. The molecule has 1 atom stereocenters. The maximum atomic E-state index is 6.51. The molecule has 3 heteroatoms. The standard InChI is InChI=1S/C16H17ClO2/c1-11-4-6-12(7-5-11)16(17)13-8-9-14(18-2)15(10-13)19-3/h4-10,16H,1-3H3. The zero-order valence-corrected chi connectivity index (χ0v) is 12.1. The average molecular weight is 277 g/mol. The lowest BCUT2D eigenvalue weighted by atomic mass is 10.0. The second kappa shape index (κ2) is 5.98. The van der Waals surface area contributed by atoms with Crippen LogP contribution >= 0.6 is 11.6 Å². The van der Waals surface area contributed by atoms with Gasteiger partial charge in [-0.05, 0) is 30.2 Å². The molecule has 0 N–H and O–H groups in total. The summed E-state index contributed by atoms with van der Waals surface area (Å²) in [6, 6.07) is 14.0. The van der Waals surface area contributed by atoms with Gasteiger partial charge in [-0.25, -0.2) is 0 Å². The first kappa shape index (κ1) is 13.8. The Kier molecular flexibility index (Phi) is 4.33. The Bertz CT molecular complexity index is 549. The molecule has 0 fully saturated rings. The second-order valence-corrected chi connectivity index (χ2v) is 4.82. The van der Waals surface area contributed by atoms with E-state index >= 15 is 0 Å². The molecule has 2 nitrogen and oxygen atoms in total. The van der Waals surface area contributed by atoms with Gasteiger partial charge in [0.1, 0.15) is 0 Å². The van der Waals surface area contributed by atoms with E-state index in [1.807, 2.05) is 30.3 Å². The van der Waals surface area contributed by atoms with E-state index in [0.717, 1.165) is 11.1 Å². The summed E-state index contributed by atoms with van der Waals surface area (Å²) in [5, 5.41) is -0.194. The van der Waals surface area contributed by atoms with Crippen LogP contribution in [0.5, 0.6) is 11.5 Å². The highest BCUT2D eigenvalue weighted by molar-refractivity contribution is 6.22. The quantitative estimate of drug-likeness (QED) is 0.774. The van der Waals surface area contributed by atoms with Crippen molar-refractivity contribution < 1.29 is 9.47 Å². The van der Waals surface area contributed by atoms with Crippen LogP contribution in [0.3, 0.4) is 0 Å². The van der Waals surface area contributed by atoms with Crippen molar-refractivity contribution in [1.29, 1.82) is 0 Å². The Morgan fingerprint density at radius 3 is 2.00 bits per heavy atom. The first-order valence-corrected chi connectivity index (χ1v) is 6.52. The minimum Gasteiger partial charge on any atom is -0.493 e. The summed E-state index contributed by atoms with van der Waals surface area (Å²) >= 11 is 6.51. The highest BCUT2D eigenvalue weighted by Gasteiger charge is 2.13. The van der Waals surface area contributed by atoms with Crippen molar-refractivity contribution in [3.8, 4) is 11.5 Å². The highest BCUT2D eigenvalue weighted by atomic mass is 35.5. The summed E-state index contributed by atoms with van der Waals surface area (Å²) in [5.74, 6) is 1.40. The topological polar surface area (TPSA) is 18.5 Å². The van der Waals surface area contributed by atoms with E-state index in [1.165, 1.54) is 5.56 Å². The van der Waals surface area contributed by atoms with Crippen LogP contribution in [-0.2, 0) is 0 Å². The summed E-state index contributed by atoms with van der Waals surface area (Å²) in [4.78, 5) is 0. The van der Waals surface area contributed by atoms with Crippen molar-refractivity contribution in [1.82, 2.24) is 0 Å². The Morgan fingerprint density at radius 1 is 0.842 bits per heavy atom. The molecule has 0 radical (unpaired) electrons. The van der Waals surface area contributed by atoms with E-state index in [-0.39, 0.29) is 5.38 Å². The van der Waals surface area contributed by atoms with Gasteiger partial charge in [0.15, 0.2) is 11.5 Å². The van der Waals surface area contributed by atoms with Gasteiger partial charge in [-0.1, -0.05) is 35.9 Å². The van der Waals surface area contributed by atoms with Crippen LogP contribution in [0.2, 0.25) is 0 Å². The Morgan fingerprint density at radius 2 is 1.42 bits per heavy atom. The molecule has 0 heterocycles. The molecule has 100 valence electrons.